The average Bonchev–Trinajstić information content (AvgIpc) is 2.97. The first-order valence-corrected chi connectivity index (χ1v) is 7.41. The van der Waals surface area contributed by atoms with Crippen molar-refractivity contribution in [3.63, 3.8) is 0 Å². The number of thiophene rings is 1. The van der Waals surface area contributed by atoms with Crippen molar-refractivity contribution < 1.29 is 18.7 Å². The zero-order chi connectivity index (χ0) is 16.1. The number of rotatable bonds is 6. The molecule has 1 atom stereocenters. The zero-order valence-corrected chi connectivity index (χ0v) is 12.7. The van der Waals surface area contributed by atoms with Gasteiger partial charge in [-0.25, -0.2) is 4.39 Å². The van der Waals surface area contributed by atoms with Gasteiger partial charge in [0.25, 0.3) is 5.91 Å². The minimum atomic E-state index is -0.567. The summed E-state index contributed by atoms with van der Waals surface area (Å²) < 4.78 is 18.2. The highest BCUT2D eigenvalue weighted by Crippen LogP contribution is 2.15. The largest absolute Gasteiger partial charge is 0.491 e. The van der Waals surface area contributed by atoms with E-state index in [0.717, 1.165) is 11.3 Å². The van der Waals surface area contributed by atoms with Crippen LogP contribution in [-0.2, 0) is 0 Å². The molecule has 22 heavy (non-hydrogen) atoms. The van der Waals surface area contributed by atoms with Crippen LogP contribution >= 0.6 is 11.3 Å². The second-order valence-corrected chi connectivity index (χ2v) is 5.61. The minimum absolute atomic E-state index is 0.241. The van der Waals surface area contributed by atoms with Crippen LogP contribution in [0.3, 0.4) is 0 Å². The molecule has 1 unspecified atom stereocenters. The average molecular weight is 322 g/mol. The van der Waals surface area contributed by atoms with Gasteiger partial charge in [0.1, 0.15) is 18.2 Å². The molecule has 0 aliphatic heterocycles. The highest BCUT2D eigenvalue weighted by atomic mass is 32.1. The summed E-state index contributed by atoms with van der Waals surface area (Å²) in [5.74, 6) is -0.679. The molecule has 5 nitrogen and oxygen atoms in total. The highest BCUT2D eigenvalue weighted by molar-refractivity contribution is 7.12. The second kappa shape index (κ2) is 7.04. The van der Waals surface area contributed by atoms with Crippen LogP contribution in [0, 0.1) is 5.82 Å². The van der Waals surface area contributed by atoms with Crippen LogP contribution in [0.2, 0.25) is 0 Å². The molecule has 2 aromatic rings. The van der Waals surface area contributed by atoms with Crippen LogP contribution in [0.15, 0.2) is 35.7 Å². The van der Waals surface area contributed by atoms with Crippen molar-refractivity contribution in [2.75, 3.05) is 6.61 Å². The molecule has 0 aliphatic rings. The molecule has 2 amide bonds. The van der Waals surface area contributed by atoms with Gasteiger partial charge in [0.05, 0.1) is 16.5 Å². The first kappa shape index (κ1) is 16.0. The third-order valence-electron chi connectivity index (χ3n) is 2.80. The van der Waals surface area contributed by atoms with Crippen LogP contribution in [-0.4, -0.2) is 24.5 Å². The number of halogens is 1. The first-order valence-electron chi connectivity index (χ1n) is 6.53. The molecule has 3 N–H and O–H groups in total. The summed E-state index contributed by atoms with van der Waals surface area (Å²) in [6.45, 7) is 2.02. The molecule has 0 bridgehead atoms. The quantitative estimate of drug-likeness (QED) is 0.855. The number of carbonyl (C=O) groups excluding carboxylic acids is 2. The molecular formula is C15H15FN2O3S. The molecule has 0 saturated heterocycles. The first-order chi connectivity index (χ1) is 10.5. The molecule has 1 aromatic heterocycles. The van der Waals surface area contributed by atoms with E-state index in [1.54, 1.807) is 6.92 Å². The number of nitrogens with one attached hydrogen (secondary N) is 1. The van der Waals surface area contributed by atoms with E-state index >= 15 is 0 Å². The van der Waals surface area contributed by atoms with Crippen LogP contribution in [0.4, 0.5) is 4.39 Å². The lowest BCUT2D eigenvalue weighted by molar-refractivity contribution is 0.0930. The van der Waals surface area contributed by atoms with Gasteiger partial charge in [0.15, 0.2) is 0 Å². The van der Waals surface area contributed by atoms with Crippen molar-refractivity contribution in [3.05, 3.63) is 52.0 Å². The molecule has 2 rings (SSSR count). The van der Waals surface area contributed by atoms with Gasteiger partial charge in [-0.05, 0) is 37.3 Å². The van der Waals surface area contributed by atoms with Crippen molar-refractivity contribution in [1.29, 1.82) is 0 Å². The standard InChI is InChI=1S/C15H15FN2O3S/c1-9(7-21-12-4-2-11(16)3-5-12)18-15(20)13-6-10(8-22-13)14(17)19/h2-6,8-9H,7H2,1H3,(H2,17,19)(H,18,20). The SMILES string of the molecule is CC(COc1ccc(F)cc1)NC(=O)c1cc(C(N)=O)cs1. The molecule has 0 aliphatic carbocycles. The Bertz CT molecular complexity index is 670. The van der Waals surface area contributed by atoms with Crippen molar-refractivity contribution in [3.8, 4) is 5.75 Å². The topological polar surface area (TPSA) is 81.4 Å². The normalized spacial score (nSPS) is 11.7. The Kier molecular flexibility index (Phi) is 5.11. The van der Waals surface area contributed by atoms with Gasteiger partial charge in [0, 0.05) is 5.38 Å². The Balaban J connectivity index is 1.85. The van der Waals surface area contributed by atoms with E-state index in [2.05, 4.69) is 5.32 Å². The number of carbonyl (C=O) groups is 2. The number of hydrogen-bond donors (Lipinski definition) is 2. The number of ether oxygens (including phenoxy) is 1. The van der Waals surface area contributed by atoms with E-state index in [4.69, 9.17) is 10.5 Å². The summed E-state index contributed by atoms with van der Waals surface area (Å²) in [6.07, 6.45) is 0. The van der Waals surface area contributed by atoms with E-state index in [1.807, 2.05) is 0 Å². The molecule has 0 saturated carbocycles. The molecule has 1 heterocycles. The van der Waals surface area contributed by atoms with Crippen molar-refractivity contribution in [1.82, 2.24) is 5.32 Å². The van der Waals surface area contributed by atoms with E-state index < -0.39 is 5.91 Å². The lowest BCUT2D eigenvalue weighted by Crippen LogP contribution is -2.36. The van der Waals surface area contributed by atoms with Crippen molar-refractivity contribution in [2.45, 2.75) is 13.0 Å². The summed E-state index contributed by atoms with van der Waals surface area (Å²) in [6, 6.07) is 6.84. The van der Waals surface area contributed by atoms with Gasteiger partial charge >= 0.3 is 0 Å². The predicted molar refractivity (Wildman–Crippen MR) is 81.7 cm³/mol. The predicted octanol–water partition coefficient (Wildman–Crippen LogP) is 2.18. The fourth-order valence-corrected chi connectivity index (χ4v) is 2.47. The van der Waals surface area contributed by atoms with Crippen LogP contribution in [0.5, 0.6) is 5.75 Å². The lowest BCUT2D eigenvalue weighted by atomic mass is 10.3. The summed E-state index contributed by atoms with van der Waals surface area (Å²) in [5.41, 5.74) is 5.45. The molecule has 116 valence electrons. The third kappa shape index (κ3) is 4.29. The lowest BCUT2D eigenvalue weighted by Gasteiger charge is -2.14. The van der Waals surface area contributed by atoms with Crippen molar-refractivity contribution in [2.24, 2.45) is 5.73 Å². The maximum atomic E-state index is 12.8. The van der Waals surface area contributed by atoms with Gasteiger partial charge in [-0.15, -0.1) is 11.3 Å². The number of primary amides is 1. The Morgan fingerprint density at radius 3 is 2.64 bits per heavy atom. The summed E-state index contributed by atoms with van der Waals surface area (Å²) >= 11 is 1.15. The van der Waals surface area contributed by atoms with Gasteiger partial charge in [-0.1, -0.05) is 0 Å². The molecule has 0 fully saturated rings. The maximum absolute atomic E-state index is 12.8. The molecule has 0 spiro atoms. The fourth-order valence-electron chi connectivity index (χ4n) is 1.67. The molecule has 1 aromatic carbocycles. The van der Waals surface area contributed by atoms with Gasteiger partial charge < -0.3 is 15.8 Å². The van der Waals surface area contributed by atoms with E-state index in [-0.39, 0.29) is 24.4 Å². The van der Waals surface area contributed by atoms with E-state index in [9.17, 15) is 14.0 Å². The fraction of sp³-hybridized carbons (Fsp3) is 0.200. The highest BCUT2D eigenvalue weighted by Gasteiger charge is 2.14. The Morgan fingerprint density at radius 2 is 2.05 bits per heavy atom. The van der Waals surface area contributed by atoms with Gasteiger partial charge in [0.2, 0.25) is 5.91 Å². The third-order valence-corrected chi connectivity index (χ3v) is 3.73. The molecule has 0 radical (unpaired) electrons. The Labute approximate surface area is 130 Å². The second-order valence-electron chi connectivity index (χ2n) is 4.70. The Morgan fingerprint density at radius 1 is 1.36 bits per heavy atom. The minimum Gasteiger partial charge on any atom is -0.491 e. The Hall–Kier alpha value is -2.41. The summed E-state index contributed by atoms with van der Waals surface area (Å²) in [4.78, 5) is 23.4. The van der Waals surface area contributed by atoms with Crippen molar-refractivity contribution >= 4 is 23.2 Å². The van der Waals surface area contributed by atoms with E-state index in [0.29, 0.717) is 16.2 Å². The summed E-state index contributed by atoms with van der Waals surface area (Å²) in [5, 5.41) is 4.29. The number of benzene rings is 1. The number of hydrogen-bond acceptors (Lipinski definition) is 4. The van der Waals surface area contributed by atoms with Crippen LogP contribution < -0.4 is 15.8 Å². The van der Waals surface area contributed by atoms with Crippen LogP contribution in [0.25, 0.3) is 0 Å². The van der Waals surface area contributed by atoms with E-state index in [1.165, 1.54) is 35.7 Å². The van der Waals surface area contributed by atoms with Crippen LogP contribution in [0.1, 0.15) is 27.0 Å². The molecule has 7 heteroatoms. The zero-order valence-electron chi connectivity index (χ0n) is 11.8. The number of amides is 2. The number of nitrogens with two attached hydrogens (primary N) is 1. The maximum Gasteiger partial charge on any atom is 0.261 e. The summed E-state index contributed by atoms with van der Waals surface area (Å²) in [7, 11) is 0. The van der Waals surface area contributed by atoms with Gasteiger partial charge in [-0.2, -0.15) is 0 Å². The smallest absolute Gasteiger partial charge is 0.261 e. The molecular weight excluding hydrogens is 307 g/mol. The van der Waals surface area contributed by atoms with Gasteiger partial charge in [-0.3, -0.25) is 9.59 Å². The monoisotopic (exact) mass is 322 g/mol.